The van der Waals surface area contributed by atoms with Gasteiger partial charge in [-0.05, 0) is 48.2 Å². The molecule has 0 unspecified atom stereocenters. The van der Waals surface area contributed by atoms with Crippen LogP contribution in [0.4, 0.5) is 4.39 Å². The highest BCUT2D eigenvalue weighted by molar-refractivity contribution is 7.89. The van der Waals surface area contributed by atoms with E-state index in [0.29, 0.717) is 24.2 Å². The van der Waals surface area contributed by atoms with E-state index in [1.165, 1.54) is 16.4 Å². The molecule has 1 aliphatic rings. The van der Waals surface area contributed by atoms with Crippen molar-refractivity contribution in [3.63, 3.8) is 0 Å². The number of sulfonamides is 1. The normalized spacial score (nSPS) is 15.2. The van der Waals surface area contributed by atoms with Gasteiger partial charge >= 0.3 is 0 Å². The smallest absolute Gasteiger partial charge is 0.207 e. The Morgan fingerprint density at radius 1 is 1.00 bits per heavy atom. The molecular weight excluding hydrogens is 289 g/mol. The molecule has 0 fully saturated rings. The van der Waals surface area contributed by atoms with Crippen LogP contribution in [0.1, 0.15) is 22.3 Å². The van der Waals surface area contributed by atoms with Gasteiger partial charge in [-0.1, -0.05) is 24.3 Å². The van der Waals surface area contributed by atoms with E-state index in [4.69, 9.17) is 0 Å². The molecule has 0 radical (unpaired) electrons. The first-order chi connectivity index (χ1) is 9.89. The fourth-order valence-corrected chi connectivity index (χ4v) is 4.71. The van der Waals surface area contributed by atoms with Crippen LogP contribution in [-0.2, 0) is 23.1 Å². The molecule has 110 valence electrons. The van der Waals surface area contributed by atoms with Crippen LogP contribution >= 0.6 is 0 Å². The third-order valence-electron chi connectivity index (χ3n) is 3.83. The van der Waals surface area contributed by atoms with Gasteiger partial charge in [-0.15, -0.1) is 0 Å². The van der Waals surface area contributed by atoms with Gasteiger partial charge in [0.05, 0.1) is 4.90 Å². The molecule has 3 rings (SSSR count). The summed E-state index contributed by atoms with van der Waals surface area (Å²) in [7, 11) is -3.62. The van der Waals surface area contributed by atoms with E-state index in [1.54, 1.807) is 13.8 Å². The van der Waals surface area contributed by atoms with Crippen LogP contribution in [0.5, 0.6) is 0 Å². The predicted molar refractivity (Wildman–Crippen MR) is 78.7 cm³/mol. The molecule has 21 heavy (non-hydrogen) atoms. The summed E-state index contributed by atoms with van der Waals surface area (Å²) in [4.78, 5) is 0.219. The van der Waals surface area contributed by atoms with Gasteiger partial charge in [-0.3, -0.25) is 0 Å². The van der Waals surface area contributed by atoms with Crippen LogP contribution in [0.2, 0.25) is 0 Å². The molecule has 0 bridgehead atoms. The lowest BCUT2D eigenvalue weighted by molar-refractivity contribution is 0.430. The van der Waals surface area contributed by atoms with Gasteiger partial charge in [0.2, 0.25) is 10.0 Å². The molecule has 0 aromatic heterocycles. The van der Waals surface area contributed by atoms with Gasteiger partial charge in [-0.25, -0.2) is 12.8 Å². The number of rotatable bonds is 2. The van der Waals surface area contributed by atoms with E-state index in [0.717, 1.165) is 11.1 Å². The fourth-order valence-electron chi connectivity index (χ4n) is 2.91. The summed E-state index contributed by atoms with van der Waals surface area (Å²) < 4.78 is 40.5. The molecule has 0 atom stereocenters. The summed E-state index contributed by atoms with van der Waals surface area (Å²) in [6.07, 6.45) is 0. The van der Waals surface area contributed by atoms with Crippen molar-refractivity contribution in [2.75, 3.05) is 0 Å². The van der Waals surface area contributed by atoms with E-state index in [9.17, 15) is 12.8 Å². The Hall–Kier alpha value is -1.72. The van der Waals surface area contributed by atoms with E-state index >= 15 is 0 Å². The standard InChI is InChI=1S/C16H16FNO2S/c1-11-7-15(17)8-12(2)16(11)21(19,20)18-9-13-5-3-4-6-14(13)10-18/h3-8H,9-10H2,1-2H3. The van der Waals surface area contributed by atoms with E-state index < -0.39 is 15.8 Å². The first-order valence-electron chi connectivity index (χ1n) is 6.73. The summed E-state index contributed by atoms with van der Waals surface area (Å²) in [5.41, 5.74) is 2.95. The summed E-state index contributed by atoms with van der Waals surface area (Å²) >= 11 is 0. The summed E-state index contributed by atoms with van der Waals surface area (Å²) in [6.45, 7) is 4.00. The highest BCUT2D eigenvalue weighted by Crippen LogP contribution is 2.31. The zero-order chi connectivity index (χ0) is 15.2. The van der Waals surface area contributed by atoms with Crippen molar-refractivity contribution < 1.29 is 12.8 Å². The largest absolute Gasteiger partial charge is 0.244 e. The van der Waals surface area contributed by atoms with Gasteiger partial charge < -0.3 is 0 Å². The maximum absolute atomic E-state index is 13.4. The van der Waals surface area contributed by atoms with E-state index in [1.807, 2.05) is 24.3 Å². The highest BCUT2D eigenvalue weighted by atomic mass is 32.2. The van der Waals surface area contributed by atoms with Crippen molar-refractivity contribution in [1.29, 1.82) is 0 Å². The van der Waals surface area contributed by atoms with Crippen molar-refractivity contribution in [2.24, 2.45) is 0 Å². The molecule has 3 nitrogen and oxygen atoms in total. The maximum atomic E-state index is 13.4. The van der Waals surface area contributed by atoms with Gasteiger partial charge in [0.25, 0.3) is 0 Å². The molecule has 0 aliphatic carbocycles. The Kier molecular flexibility index (Phi) is 3.34. The quantitative estimate of drug-likeness (QED) is 0.855. The Morgan fingerprint density at radius 2 is 1.48 bits per heavy atom. The third kappa shape index (κ3) is 2.36. The second-order valence-corrected chi connectivity index (χ2v) is 7.29. The molecule has 1 heterocycles. The number of nitrogens with zero attached hydrogens (tertiary/aromatic N) is 1. The lowest BCUT2D eigenvalue weighted by Gasteiger charge is -2.19. The molecular formula is C16H16FNO2S. The molecule has 0 saturated carbocycles. The van der Waals surface area contributed by atoms with Crippen molar-refractivity contribution in [1.82, 2.24) is 4.31 Å². The molecule has 0 N–H and O–H groups in total. The first-order valence-corrected chi connectivity index (χ1v) is 8.17. The van der Waals surface area contributed by atoms with Gasteiger partial charge in [0, 0.05) is 13.1 Å². The summed E-state index contributed by atoms with van der Waals surface area (Å²) in [5, 5.41) is 0. The molecule has 5 heteroatoms. The van der Waals surface area contributed by atoms with E-state index in [2.05, 4.69) is 0 Å². The van der Waals surface area contributed by atoms with Crippen molar-refractivity contribution >= 4 is 10.0 Å². The SMILES string of the molecule is Cc1cc(F)cc(C)c1S(=O)(=O)N1Cc2ccccc2C1. The lowest BCUT2D eigenvalue weighted by atomic mass is 10.1. The molecule has 0 saturated heterocycles. The average molecular weight is 305 g/mol. The number of hydrogen-bond donors (Lipinski definition) is 0. The zero-order valence-corrected chi connectivity index (χ0v) is 12.7. The number of halogens is 1. The monoisotopic (exact) mass is 305 g/mol. The predicted octanol–water partition coefficient (Wildman–Crippen LogP) is 3.15. The minimum absolute atomic E-state index is 0.219. The molecule has 0 spiro atoms. The summed E-state index contributed by atoms with van der Waals surface area (Å²) in [5.74, 6) is -0.409. The number of fused-ring (bicyclic) bond motifs is 1. The minimum Gasteiger partial charge on any atom is -0.207 e. The second kappa shape index (κ2) is 4.93. The van der Waals surface area contributed by atoms with Crippen LogP contribution in [0.3, 0.4) is 0 Å². The second-order valence-electron chi connectivity index (χ2n) is 5.41. The van der Waals surface area contributed by atoms with Crippen LogP contribution in [-0.4, -0.2) is 12.7 Å². The third-order valence-corrected chi connectivity index (χ3v) is 5.93. The number of aryl methyl sites for hydroxylation is 2. The Labute approximate surface area is 124 Å². The van der Waals surface area contributed by atoms with Gasteiger partial charge in [0.15, 0.2) is 0 Å². The lowest BCUT2D eigenvalue weighted by Crippen LogP contribution is -2.27. The Morgan fingerprint density at radius 3 is 1.95 bits per heavy atom. The van der Waals surface area contributed by atoms with Crippen LogP contribution in [0.15, 0.2) is 41.3 Å². The van der Waals surface area contributed by atoms with Crippen LogP contribution in [0.25, 0.3) is 0 Å². The minimum atomic E-state index is -3.62. The highest BCUT2D eigenvalue weighted by Gasteiger charge is 2.32. The van der Waals surface area contributed by atoms with Gasteiger partial charge in [-0.2, -0.15) is 4.31 Å². The Balaban J connectivity index is 2.04. The summed E-state index contributed by atoms with van der Waals surface area (Å²) in [6, 6.07) is 10.2. The number of benzene rings is 2. The van der Waals surface area contributed by atoms with Crippen LogP contribution in [0, 0.1) is 19.7 Å². The van der Waals surface area contributed by atoms with Gasteiger partial charge in [0.1, 0.15) is 5.82 Å². The molecule has 1 aliphatic heterocycles. The van der Waals surface area contributed by atoms with Crippen LogP contribution < -0.4 is 0 Å². The maximum Gasteiger partial charge on any atom is 0.244 e. The molecule has 0 amide bonds. The average Bonchev–Trinajstić information content (AvgIpc) is 2.81. The van der Waals surface area contributed by atoms with Crippen molar-refractivity contribution in [2.45, 2.75) is 31.8 Å². The Bertz CT molecular complexity index is 767. The van der Waals surface area contributed by atoms with Crippen molar-refractivity contribution in [3.05, 3.63) is 64.5 Å². The zero-order valence-electron chi connectivity index (χ0n) is 11.9. The molecule has 2 aromatic rings. The molecule has 2 aromatic carbocycles. The fraction of sp³-hybridized carbons (Fsp3) is 0.250. The topological polar surface area (TPSA) is 37.4 Å². The first kappa shape index (κ1) is 14.2. The van der Waals surface area contributed by atoms with Crippen molar-refractivity contribution in [3.8, 4) is 0 Å². The number of hydrogen-bond acceptors (Lipinski definition) is 2. The van der Waals surface area contributed by atoms with E-state index in [-0.39, 0.29) is 4.90 Å².